The number of aromatic nitrogens is 2. The minimum absolute atomic E-state index is 1.14. The van der Waals surface area contributed by atoms with Crippen molar-refractivity contribution in [3.8, 4) is 33.6 Å². The van der Waals surface area contributed by atoms with E-state index in [0.717, 1.165) is 12.8 Å². The van der Waals surface area contributed by atoms with Gasteiger partial charge in [0.05, 0.1) is 22.1 Å². The first-order valence-corrected chi connectivity index (χ1v) is 23.8. The molecule has 0 amide bonds. The second-order valence-electron chi connectivity index (χ2n) is 17.5. The molecule has 1 aliphatic rings. The van der Waals surface area contributed by atoms with E-state index in [1.54, 1.807) is 6.08 Å². The van der Waals surface area contributed by atoms with E-state index in [0.29, 0.717) is 0 Å². The fourth-order valence-electron chi connectivity index (χ4n) is 10.8. The molecule has 312 valence electrons. The summed E-state index contributed by atoms with van der Waals surface area (Å²) in [5.74, 6) is 0. The molecule has 3 aromatic heterocycles. The van der Waals surface area contributed by atoms with Gasteiger partial charge in [-0.05, 0) is 147 Å². The zero-order valence-corrected chi connectivity index (χ0v) is 37.4. The van der Waals surface area contributed by atoms with Gasteiger partial charge in [-0.2, -0.15) is 0 Å². The smallest absolute Gasteiger partial charge is 0.0541 e. The summed E-state index contributed by atoms with van der Waals surface area (Å²) in [6.45, 7) is 5.25. The number of allylic oxidation sites excluding steroid dienone is 2. The monoisotopic (exact) mass is 860 g/mol. The van der Waals surface area contributed by atoms with E-state index in [1.807, 2.05) is 18.3 Å². The average Bonchev–Trinajstić information content (AvgIpc) is 4.03. The zero-order valence-electron chi connectivity index (χ0n) is 36.6. The molecule has 1 aliphatic carbocycles. The van der Waals surface area contributed by atoms with E-state index in [2.05, 4.69) is 222 Å². The number of thiophene rings is 1. The van der Waals surface area contributed by atoms with E-state index in [9.17, 15) is 0 Å². The van der Waals surface area contributed by atoms with Crippen LogP contribution in [0.4, 0.5) is 0 Å². The second kappa shape index (κ2) is 15.3. The quantitative estimate of drug-likeness (QED) is 0.123. The molecule has 0 spiro atoms. The summed E-state index contributed by atoms with van der Waals surface area (Å²) in [4.78, 5) is 1.51. The van der Waals surface area contributed by atoms with Crippen LogP contribution in [0.25, 0.3) is 126 Å². The van der Waals surface area contributed by atoms with Gasteiger partial charge >= 0.3 is 0 Å². The number of hydrogen-bond acceptors (Lipinski definition) is 1. The molecule has 0 atom stereocenters. The third-order valence-corrected chi connectivity index (χ3v) is 15.0. The molecule has 13 aromatic rings. The molecule has 0 saturated heterocycles. The SMILES string of the molecule is C1=Cc2c(sc3ccc(-n4c5ccccc5c5cc(-c6ccc(-c7ccc8c(c7)c7ccccc7n8-c7ccc8c9ccccc9c9ccccc9c8c7)cc6)ccc54)cc23)CC1.C=CC. The highest BCUT2D eigenvalue weighted by Crippen LogP contribution is 2.42. The van der Waals surface area contributed by atoms with Crippen molar-refractivity contribution in [1.29, 1.82) is 0 Å². The third kappa shape index (κ3) is 5.94. The second-order valence-corrected chi connectivity index (χ2v) is 18.7. The van der Waals surface area contributed by atoms with E-state index >= 15 is 0 Å². The van der Waals surface area contributed by atoms with Gasteiger partial charge in [0.25, 0.3) is 0 Å². The fourth-order valence-corrected chi connectivity index (χ4v) is 12.0. The number of nitrogens with zero attached hydrogens (tertiary/aromatic N) is 2. The Morgan fingerprint density at radius 2 is 0.833 bits per heavy atom. The molecule has 0 fully saturated rings. The number of benzene rings is 10. The van der Waals surface area contributed by atoms with Crippen LogP contribution in [0.2, 0.25) is 0 Å². The van der Waals surface area contributed by atoms with Crippen LogP contribution in [-0.2, 0) is 6.42 Å². The van der Waals surface area contributed by atoms with Crippen molar-refractivity contribution < 1.29 is 0 Å². The molecule has 0 N–H and O–H groups in total. The molecular weight excluding hydrogens is 817 g/mol. The summed E-state index contributed by atoms with van der Waals surface area (Å²) in [6, 6.07) is 72.5. The maximum Gasteiger partial charge on any atom is 0.0541 e. The summed E-state index contributed by atoms with van der Waals surface area (Å²) in [5, 5.41) is 14.2. The zero-order chi connectivity index (χ0) is 43.9. The van der Waals surface area contributed by atoms with Gasteiger partial charge in [-0.15, -0.1) is 17.9 Å². The van der Waals surface area contributed by atoms with Crippen LogP contribution in [0.1, 0.15) is 23.8 Å². The molecule has 0 saturated carbocycles. The Balaban J connectivity index is 0.00000141. The van der Waals surface area contributed by atoms with Gasteiger partial charge in [-0.25, -0.2) is 0 Å². The lowest BCUT2D eigenvalue weighted by Crippen LogP contribution is -1.94. The molecule has 0 bridgehead atoms. The van der Waals surface area contributed by atoms with Crippen LogP contribution < -0.4 is 0 Å². The Kier molecular flexibility index (Phi) is 8.94. The van der Waals surface area contributed by atoms with Crippen molar-refractivity contribution in [1.82, 2.24) is 9.13 Å². The highest BCUT2D eigenvalue weighted by Gasteiger charge is 2.19. The molecule has 2 nitrogen and oxygen atoms in total. The number of hydrogen-bond donors (Lipinski definition) is 0. The van der Waals surface area contributed by atoms with Crippen LogP contribution in [0.5, 0.6) is 0 Å². The van der Waals surface area contributed by atoms with Gasteiger partial charge in [0.15, 0.2) is 0 Å². The van der Waals surface area contributed by atoms with Crippen molar-refractivity contribution >= 4 is 103 Å². The average molecular weight is 861 g/mol. The lowest BCUT2D eigenvalue weighted by atomic mass is 9.94. The van der Waals surface area contributed by atoms with Crippen LogP contribution in [0.3, 0.4) is 0 Å². The molecule has 3 heterocycles. The summed E-state index contributed by atoms with van der Waals surface area (Å²) in [6.07, 6.45) is 8.68. The minimum Gasteiger partial charge on any atom is -0.309 e. The molecule has 14 rings (SSSR count). The molecule has 0 aliphatic heterocycles. The lowest BCUT2D eigenvalue weighted by Gasteiger charge is -2.14. The predicted molar refractivity (Wildman–Crippen MR) is 287 cm³/mol. The van der Waals surface area contributed by atoms with Crippen molar-refractivity contribution in [2.45, 2.75) is 19.8 Å². The van der Waals surface area contributed by atoms with E-state index < -0.39 is 0 Å². The van der Waals surface area contributed by atoms with Crippen LogP contribution in [0.15, 0.2) is 213 Å². The van der Waals surface area contributed by atoms with Gasteiger partial charge < -0.3 is 9.13 Å². The first-order chi connectivity index (χ1) is 32.6. The molecule has 66 heavy (non-hydrogen) atoms. The van der Waals surface area contributed by atoms with E-state index in [1.165, 1.54) is 130 Å². The summed E-state index contributed by atoms with van der Waals surface area (Å²) < 4.78 is 6.26. The van der Waals surface area contributed by atoms with E-state index in [4.69, 9.17) is 0 Å². The Hall–Kier alpha value is -7.98. The highest BCUT2D eigenvalue weighted by atomic mass is 32.1. The molecule has 0 radical (unpaired) electrons. The van der Waals surface area contributed by atoms with Crippen LogP contribution >= 0.6 is 11.3 Å². The Bertz CT molecular complexity index is 4100. The summed E-state index contributed by atoms with van der Waals surface area (Å²) >= 11 is 1.95. The van der Waals surface area contributed by atoms with Crippen molar-refractivity contribution in [3.63, 3.8) is 0 Å². The third-order valence-electron chi connectivity index (χ3n) is 13.8. The van der Waals surface area contributed by atoms with Gasteiger partial charge in [0.1, 0.15) is 0 Å². The molecule has 10 aromatic carbocycles. The topological polar surface area (TPSA) is 9.86 Å². The van der Waals surface area contributed by atoms with Crippen molar-refractivity contribution in [2.24, 2.45) is 0 Å². The Morgan fingerprint density at radius 1 is 0.409 bits per heavy atom. The maximum atomic E-state index is 3.36. The molecule has 0 unspecified atom stereocenters. The minimum atomic E-state index is 1.14. The highest BCUT2D eigenvalue weighted by molar-refractivity contribution is 7.19. The summed E-state index contributed by atoms with van der Waals surface area (Å²) in [7, 11) is 0. The Morgan fingerprint density at radius 3 is 1.38 bits per heavy atom. The fraction of sp³-hybridized carbons (Fsp3) is 0.0476. The number of para-hydroxylation sites is 2. The number of aryl methyl sites for hydroxylation is 1. The Labute approximate surface area is 387 Å². The van der Waals surface area contributed by atoms with Gasteiger partial charge in [0.2, 0.25) is 0 Å². The van der Waals surface area contributed by atoms with E-state index in [-0.39, 0.29) is 0 Å². The largest absolute Gasteiger partial charge is 0.309 e. The van der Waals surface area contributed by atoms with Gasteiger partial charge in [-0.1, -0.05) is 146 Å². The predicted octanol–water partition coefficient (Wildman–Crippen LogP) is 18.0. The maximum absolute atomic E-state index is 3.36. The van der Waals surface area contributed by atoms with Gasteiger partial charge in [0, 0.05) is 47.9 Å². The van der Waals surface area contributed by atoms with Crippen LogP contribution in [-0.4, -0.2) is 9.13 Å². The summed E-state index contributed by atoms with van der Waals surface area (Å²) in [5.41, 5.74) is 13.5. The van der Waals surface area contributed by atoms with Crippen molar-refractivity contribution in [2.75, 3.05) is 0 Å². The molecular formula is C63H44N2S. The van der Waals surface area contributed by atoms with Crippen LogP contribution in [0, 0.1) is 0 Å². The van der Waals surface area contributed by atoms with Gasteiger partial charge in [-0.3, -0.25) is 0 Å². The standard InChI is InChI=1S/C60H38N2S.C3H6/c1-2-13-45-43(11-1)44-12-3-4-14-46(44)51-35-41(27-29-47(45)51)61-55-18-8-5-15-48(55)52-33-39(25-30-57(52)61)37-21-23-38(24-22-37)40-26-31-58-53(34-40)49-16-6-9-19-56(49)62(58)42-28-32-60-54(36-42)50-17-7-10-20-59(50)63-60;1-3-2/h1-9,11-19,21-36H,10,20H2;3H,1H2,2H3. The lowest BCUT2D eigenvalue weighted by molar-refractivity contribution is 1.02. The van der Waals surface area contributed by atoms with Crippen molar-refractivity contribution in [3.05, 3.63) is 223 Å². The first-order valence-electron chi connectivity index (χ1n) is 23.0. The normalized spacial score (nSPS) is 12.5. The molecule has 3 heteroatoms. The number of rotatable bonds is 4. The first kappa shape index (κ1) is 38.5. The number of fused-ring (bicyclic) bond motifs is 15.